The summed E-state index contributed by atoms with van der Waals surface area (Å²) in [5, 5.41) is 7.28. The van der Waals surface area contributed by atoms with Gasteiger partial charge in [0, 0.05) is 6.07 Å². The Labute approximate surface area is 79.7 Å². The summed E-state index contributed by atoms with van der Waals surface area (Å²) in [6.07, 6.45) is 3.05. The van der Waals surface area contributed by atoms with Crippen LogP contribution in [0.5, 0.6) is 0 Å². The third-order valence-corrected chi connectivity index (χ3v) is 1.78. The van der Waals surface area contributed by atoms with Crippen LogP contribution in [-0.4, -0.2) is 21.7 Å². The molecule has 0 spiro atoms. The Morgan fingerprint density at radius 2 is 2.29 bits per heavy atom. The molecule has 0 amide bonds. The summed E-state index contributed by atoms with van der Waals surface area (Å²) in [5.41, 5.74) is 0.835. The number of hydrogen-bond acceptors (Lipinski definition) is 3. The van der Waals surface area contributed by atoms with Crippen molar-refractivity contribution in [3.63, 3.8) is 0 Å². The molecule has 0 radical (unpaired) electrons. The Bertz CT molecular complexity index is 450. The van der Waals surface area contributed by atoms with Gasteiger partial charge >= 0.3 is 0 Å². The smallest absolute Gasteiger partial charge is 0.151 e. The highest BCUT2D eigenvalue weighted by atomic mass is 19.1. The molecule has 70 valence electrons. The van der Waals surface area contributed by atoms with E-state index in [0.717, 1.165) is 0 Å². The van der Waals surface area contributed by atoms with Crippen LogP contribution >= 0.6 is 0 Å². The summed E-state index contributed by atoms with van der Waals surface area (Å²) in [6.45, 7) is 3.31. The van der Waals surface area contributed by atoms with Crippen molar-refractivity contribution < 1.29 is 4.39 Å². The van der Waals surface area contributed by atoms with Gasteiger partial charge in [-0.1, -0.05) is 5.21 Å². The molecule has 0 N–H and O–H groups in total. The predicted octanol–water partition coefficient (Wildman–Crippen LogP) is 1.74. The minimum absolute atomic E-state index is 0.343. The minimum Gasteiger partial charge on any atom is -0.265 e. The van der Waals surface area contributed by atoms with Gasteiger partial charge in [0.15, 0.2) is 5.82 Å². The quantitative estimate of drug-likeness (QED) is 0.677. The van der Waals surface area contributed by atoms with Gasteiger partial charge in [-0.2, -0.15) is 0 Å². The maximum Gasteiger partial charge on any atom is 0.151 e. The van der Waals surface area contributed by atoms with E-state index in [1.807, 2.05) is 0 Å². The molecule has 0 aliphatic carbocycles. The first-order valence-corrected chi connectivity index (χ1v) is 3.94. The standard InChI is InChI=1S/C9H7FN4/c1-11-7-2-3-9(8(10)6-7)14-5-4-12-13-14/h2-6H,1H2. The fraction of sp³-hybridized carbons (Fsp3) is 0. The van der Waals surface area contributed by atoms with Crippen LogP contribution in [0.1, 0.15) is 0 Å². The van der Waals surface area contributed by atoms with Crippen LogP contribution in [0, 0.1) is 5.82 Å². The molecule has 2 aromatic rings. The van der Waals surface area contributed by atoms with Crippen molar-refractivity contribution in [2.45, 2.75) is 0 Å². The molecule has 2 rings (SSSR count). The fourth-order valence-corrected chi connectivity index (χ4v) is 1.12. The summed E-state index contributed by atoms with van der Waals surface area (Å²) in [4.78, 5) is 3.62. The Morgan fingerprint density at radius 3 is 2.86 bits per heavy atom. The molecular weight excluding hydrogens is 183 g/mol. The highest BCUT2D eigenvalue weighted by Gasteiger charge is 2.05. The predicted molar refractivity (Wildman–Crippen MR) is 50.5 cm³/mol. The summed E-state index contributed by atoms with van der Waals surface area (Å²) in [7, 11) is 0. The van der Waals surface area contributed by atoms with Crippen LogP contribution in [0.25, 0.3) is 5.69 Å². The van der Waals surface area contributed by atoms with E-state index in [1.54, 1.807) is 18.3 Å². The maximum atomic E-state index is 13.4. The summed E-state index contributed by atoms with van der Waals surface area (Å²) in [5.74, 6) is -0.402. The monoisotopic (exact) mass is 190 g/mol. The Hall–Kier alpha value is -2.04. The second-order valence-corrected chi connectivity index (χ2v) is 2.64. The van der Waals surface area contributed by atoms with Gasteiger partial charge in [-0.15, -0.1) is 5.10 Å². The Kier molecular flexibility index (Phi) is 2.06. The number of nitrogens with zero attached hydrogens (tertiary/aromatic N) is 4. The molecule has 0 aliphatic rings. The molecule has 1 aromatic carbocycles. The van der Waals surface area contributed by atoms with Gasteiger partial charge in [0.25, 0.3) is 0 Å². The highest BCUT2D eigenvalue weighted by Crippen LogP contribution is 2.18. The first-order chi connectivity index (χ1) is 6.81. The Morgan fingerprint density at radius 1 is 1.43 bits per heavy atom. The van der Waals surface area contributed by atoms with Gasteiger partial charge in [-0.3, -0.25) is 4.99 Å². The minimum atomic E-state index is -0.402. The van der Waals surface area contributed by atoms with Gasteiger partial charge in [0.2, 0.25) is 0 Å². The molecule has 14 heavy (non-hydrogen) atoms. The lowest BCUT2D eigenvalue weighted by Gasteiger charge is -2.02. The SMILES string of the molecule is C=Nc1ccc(-n2ccnn2)c(F)c1. The average Bonchev–Trinajstić information content (AvgIpc) is 2.70. The van der Waals surface area contributed by atoms with Crippen LogP contribution in [0.15, 0.2) is 35.6 Å². The van der Waals surface area contributed by atoms with Gasteiger partial charge in [0.05, 0.1) is 18.1 Å². The van der Waals surface area contributed by atoms with Crippen molar-refractivity contribution in [3.8, 4) is 5.69 Å². The summed E-state index contributed by atoms with van der Waals surface area (Å²) < 4.78 is 14.8. The van der Waals surface area contributed by atoms with Gasteiger partial charge in [-0.25, -0.2) is 9.07 Å². The van der Waals surface area contributed by atoms with E-state index in [2.05, 4.69) is 22.0 Å². The molecule has 0 aliphatic heterocycles. The van der Waals surface area contributed by atoms with Crippen LogP contribution in [0.2, 0.25) is 0 Å². The molecular formula is C9H7FN4. The maximum absolute atomic E-state index is 13.4. The normalized spacial score (nSPS) is 10.1. The largest absolute Gasteiger partial charge is 0.265 e. The molecule has 1 aromatic heterocycles. The lowest BCUT2D eigenvalue weighted by molar-refractivity contribution is 0.607. The molecule has 0 saturated carbocycles. The van der Waals surface area contributed by atoms with Crippen LogP contribution < -0.4 is 0 Å². The van der Waals surface area contributed by atoms with E-state index in [1.165, 1.54) is 16.9 Å². The number of aliphatic imine (C=N–C) groups is 1. The second-order valence-electron chi connectivity index (χ2n) is 2.64. The van der Waals surface area contributed by atoms with E-state index in [9.17, 15) is 4.39 Å². The first-order valence-electron chi connectivity index (χ1n) is 3.94. The van der Waals surface area contributed by atoms with Crippen molar-refractivity contribution in [2.24, 2.45) is 4.99 Å². The zero-order chi connectivity index (χ0) is 9.97. The second kappa shape index (κ2) is 3.37. The van der Waals surface area contributed by atoms with Crippen molar-refractivity contribution in [1.82, 2.24) is 15.0 Å². The fourth-order valence-electron chi connectivity index (χ4n) is 1.12. The van der Waals surface area contributed by atoms with E-state index in [4.69, 9.17) is 0 Å². The molecule has 0 atom stereocenters. The molecule has 0 saturated heterocycles. The zero-order valence-electron chi connectivity index (χ0n) is 7.26. The molecule has 5 heteroatoms. The van der Waals surface area contributed by atoms with Crippen LogP contribution in [0.4, 0.5) is 10.1 Å². The number of halogens is 1. The van der Waals surface area contributed by atoms with Crippen LogP contribution in [-0.2, 0) is 0 Å². The van der Waals surface area contributed by atoms with E-state index in [-0.39, 0.29) is 0 Å². The van der Waals surface area contributed by atoms with E-state index in [0.29, 0.717) is 11.4 Å². The zero-order valence-corrected chi connectivity index (χ0v) is 7.26. The molecule has 4 nitrogen and oxygen atoms in total. The van der Waals surface area contributed by atoms with Gasteiger partial charge < -0.3 is 0 Å². The van der Waals surface area contributed by atoms with E-state index < -0.39 is 5.82 Å². The van der Waals surface area contributed by atoms with Crippen molar-refractivity contribution in [1.29, 1.82) is 0 Å². The highest BCUT2D eigenvalue weighted by molar-refractivity contribution is 5.49. The van der Waals surface area contributed by atoms with Crippen molar-refractivity contribution in [2.75, 3.05) is 0 Å². The number of hydrogen-bond donors (Lipinski definition) is 0. The van der Waals surface area contributed by atoms with Gasteiger partial charge in [0.1, 0.15) is 5.69 Å². The third-order valence-electron chi connectivity index (χ3n) is 1.78. The topological polar surface area (TPSA) is 43.1 Å². The average molecular weight is 190 g/mol. The van der Waals surface area contributed by atoms with E-state index >= 15 is 0 Å². The van der Waals surface area contributed by atoms with Crippen molar-refractivity contribution in [3.05, 3.63) is 36.4 Å². The summed E-state index contributed by atoms with van der Waals surface area (Å²) in [6, 6.07) is 4.53. The van der Waals surface area contributed by atoms with Gasteiger partial charge in [-0.05, 0) is 18.9 Å². The Balaban J connectivity index is 2.51. The lowest BCUT2D eigenvalue weighted by Crippen LogP contribution is -1.98. The molecule has 0 unspecified atom stereocenters. The summed E-state index contributed by atoms with van der Waals surface area (Å²) >= 11 is 0. The third kappa shape index (κ3) is 1.39. The molecule has 0 fully saturated rings. The first kappa shape index (κ1) is 8.55. The molecule has 1 heterocycles. The number of benzene rings is 1. The number of aromatic nitrogens is 3. The number of rotatable bonds is 2. The van der Waals surface area contributed by atoms with Crippen LogP contribution in [0.3, 0.4) is 0 Å². The lowest BCUT2D eigenvalue weighted by atomic mass is 10.2. The molecule has 0 bridgehead atoms. The van der Waals surface area contributed by atoms with Crippen molar-refractivity contribution >= 4 is 12.4 Å².